The molecule has 1 rings (SSSR count). The Labute approximate surface area is 108 Å². The molecule has 5 heteroatoms. The minimum Gasteiger partial charge on any atom is -0.347 e. The molecule has 0 spiro atoms. The van der Waals surface area contributed by atoms with E-state index in [0.29, 0.717) is 12.8 Å². The van der Waals surface area contributed by atoms with Gasteiger partial charge in [0.05, 0.1) is 12.6 Å². The Bertz CT molecular complexity index is 365. The molecule has 2 amide bonds. The second-order valence-electron chi connectivity index (χ2n) is 5.20. The number of carbonyl (C=O) groups excluding carboxylic acids is 2. The first-order valence-electron chi connectivity index (χ1n) is 6.30. The first-order valence-corrected chi connectivity index (χ1v) is 6.30. The number of likely N-dealkylation sites (N-methyl/N-ethyl adjacent to an activating group) is 2. The summed E-state index contributed by atoms with van der Waals surface area (Å²) in [5.74, 6) is -0.338. The molecule has 0 radical (unpaired) electrons. The Balaban J connectivity index is 2.72. The molecule has 0 unspecified atom stereocenters. The molecule has 0 saturated heterocycles. The second kappa shape index (κ2) is 5.85. The van der Waals surface area contributed by atoms with Crippen LogP contribution in [-0.4, -0.2) is 49.3 Å². The van der Waals surface area contributed by atoms with Gasteiger partial charge >= 0.3 is 0 Å². The van der Waals surface area contributed by atoms with Crippen LogP contribution in [0.2, 0.25) is 0 Å². The summed E-state index contributed by atoms with van der Waals surface area (Å²) in [6.45, 7) is 0.0370. The van der Waals surface area contributed by atoms with Gasteiger partial charge in [-0.05, 0) is 12.8 Å². The first kappa shape index (κ1) is 14.5. The summed E-state index contributed by atoms with van der Waals surface area (Å²) in [5.41, 5.74) is -0.903. The van der Waals surface area contributed by atoms with Gasteiger partial charge in [-0.2, -0.15) is 5.26 Å². The number of nitrogens with zero attached hydrogens (tertiary/aromatic N) is 3. The van der Waals surface area contributed by atoms with Gasteiger partial charge in [-0.15, -0.1) is 0 Å². The zero-order valence-electron chi connectivity index (χ0n) is 11.4. The van der Waals surface area contributed by atoms with Crippen molar-refractivity contribution >= 4 is 11.8 Å². The zero-order chi connectivity index (χ0) is 13.8. The minimum atomic E-state index is -0.903. The molecule has 0 aliphatic heterocycles. The molecule has 1 aliphatic carbocycles. The highest BCUT2D eigenvalue weighted by atomic mass is 16.2. The van der Waals surface area contributed by atoms with Gasteiger partial charge in [-0.25, -0.2) is 0 Å². The molecule has 0 aromatic carbocycles. The average molecular weight is 251 g/mol. The Kier molecular flexibility index (Phi) is 4.71. The summed E-state index contributed by atoms with van der Waals surface area (Å²) in [5, 5.41) is 9.31. The standard InChI is InChI=1S/C13H21N3O2/c1-15(2)11(17)9-16(3)12(18)13(10-14)7-5-4-6-8-13/h4-9H2,1-3H3. The first-order chi connectivity index (χ1) is 8.43. The van der Waals surface area contributed by atoms with E-state index in [4.69, 9.17) is 0 Å². The largest absolute Gasteiger partial charge is 0.347 e. The van der Waals surface area contributed by atoms with Crippen LogP contribution in [0.5, 0.6) is 0 Å². The van der Waals surface area contributed by atoms with Gasteiger partial charge in [-0.3, -0.25) is 9.59 Å². The Morgan fingerprint density at radius 1 is 1.17 bits per heavy atom. The normalized spacial score (nSPS) is 17.7. The molecule has 1 saturated carbocycles. The molecule has 0 heterocycles. The molecular weight excluding hydrogens is 230 g/mol. The Morgan fingerprint density at radius 3 is 2.17 bits per heavy atom. The number of hydrogen-bond donors (Lipinski definition) is 0. The van der Waals surface area contributed by atoms with Gasteiger partial charge in [0.1, 0.15) is 5.41 Å². The summed E-state index contributed by atoms with van der Waals surface area (Å²) < 4.78 is 0. The van der Waals surface area contributed by atoms with E-state index < -0.39 is 5.41 Å². The van der Waals surface area contributed by atoms with Crippen LogP contribution in [-0.2, 0) is 9.59 Å². The fourth-order valence-corrected chi connectivity index (χ4v) is 2.31. The van der Waals surface area contributed by atoms with E-state index in [-0.39, 0.29) is 18.4 Å². The molecule has 0 N–H and O–H groups in total. The molecule has 5 nitrogen and oxygen atoms in total. The lowest BCUT2D eigenvalue weighted by Crippen LogP contribution is -2.46. The third-order valence-electron chi connectivity index (χ3n) is 3.55. The number of nitriles is 1. The third kappa shape index (κ3) is 3.00. The summed E-state index contributed by atoms with van der Waals surface area (Å²) in [6, 6.07) is 2.18. The predicted octanol–water partition coefficient (Wildman–Crippen LogP) is 1.01. The molecule has 18 heavy (non-hydrogen) atoms. The quantitative estimate of drug-likeness (QED) is 0.752. The summed E-state index contributed by atoms with van der Waals surface area (Å²) >= 11 is 0. The summed E-state index contributed by atoms with van der Waals surface area (Å²) in [4.78, 5) is 26.8. The molecular formula is C13H21N3O2. The second-order valence-corrected chi connectivity index (χ2v) is 5.20. The number of rotatable bonds is 3. The maximum atomic E-state index is 12.3. The highest BCUT2D eigenvalue weighted by molar-refractivity contribution is 5.89. The van der Waals surface area contributed by atoms with Crippen molar-refractivity contribution in [1.82, 2.24) is 9.80 Å². The van der Waals surface area contributed by atoms with Crippen molar-refractivity contribution in [3.8, 4) is 6.07 Å². The summed E-state index contributed by atoms with van der Waals surface area (Å²) in [6.07, 6.45) is 4.13. The molecule has 0 atom stereocenters. The fourth-order valence-electron chi connectivity index (χ4n) is 2.31. The van der Waals surface area contributed by atoms with E-state index in [1.807, 2.05) is 0 Å². The van der Waals surface area contributed by atoms with E-state index in [9.17, 15) is 14.9 Å². The maximum Gasteiger partial charge on any atom is 0.243 e. The lowest BCUT2D eigenvalue weighted by Gasteiger charge is -2.33. The van der Waals surface area contributed by atoms with Crippen LogP contribution >= 0.6 is 0 Å². The highest BCUT2D eigenvalue weighted by Gasteiger charge is 2.41. The monoisotopic (exact) mass is 251 g/mol. The van der Waals surface area contributed by atoms with E-state index in [1.54, 1.807) is 21.1 Å². The van der Waals surface area contributed by atoms with Crippen molar-refractivity contribution < 1.29 is 9.59 Å². The van der Waals surface area contributed by atoms with Crippen LogP contribution in [0.1, 0.15) is 32.1 Å². The van der Waals surface area contributed by atoms with Gasteiger partial charge in [0.2, 0.25) is 11.8 Å². The topological polar surface area (TPSA) is 64.4 Å². The zero-order valence-corrected chi connectivity index (χ0v) is 11.4. The molecule has 0 aromatic heterocycles. The van der Waals surface area contributed by atoms with Crippen molar-refractivity contribution in [2.24, 2.45) is 5.41 Å². The smallest absolute Gasteiger partial charge is 0.243 e. The van der Waals surface area contributed by atoms with Crippen molar-refractivity contribution in [3.05, 3.63) is 0 Å². The van der Waals surface area contributed by atoms with Crippen molar-refractivity contribution in [1.29, 1.82) is 5.26 Å². The van der Waals surface area contributed by atoms with Crippen LogP contribution < -0.4 is 0 Å². The minimum absolute atomic E-state index is 0.0370. The van der Waals surface area contributed by atoms with Crippen molar-refractivity contribution in [2.45, 2.75) is 32.1 Å². The van der Waals surface area contributed by atoms with Gasteiger partial charge in [0.15, 0.2) is 0 Å². The number of amides is 2. The maximum absolute atomic E-state index is 12.3. The van der Waals surface area contributed by atoms with E-state index in [1.165, 1.54) is 9.80 Å². The van der Waals surface area contributed by atoms with Crippen LogP contribution in [0.3, 0.4) is 0 Å². The lowest BCUT2D eigenvalue weighted by atomic mass is 9.74. The number of hydrogen-bond acceptors (Lipinski definition) is 3. The molecule has 1 fully saturated rings. The highest BCUT2D eigenvalue weighted by Crippen LogP contribution is 2.37. The Morgan fingerprint density at radius 2 is 1.72 bits per heavy atom. The lowest BCUT2D eigenvalue weighted by molar-refractivity contribution is -0.144. The van der Waals surface area contributed by atoms with Gasteiger partial charge in [0.25, 0.3) is 0 Å². The van der Waals surface area contributed by atoms with Crippen LogP contribution in [0.15, 0.2) is 0 Å². The van der Waals surface area contributed by atoms with Crippen molar-refractivity contribution in [3.63, 3.8) is 0 Å². The van der Waals surface area contributed by atoms with Crippen LogP contribution in [0.25, 0.3) is 0 Å². The molecule has 100 valence electrons. The van der Waals surface area contributed by atoms with Gasteiger partial charge in [-0.1, -0.05) is 19.3 Å². The fraction of sp³-hybridized carbons (Fsp3) is 0.769. The Hall–Kier alpha value is -1.57. The van der Waals surface area contributed by atoms with E-state index in [0.717, 1.165) is 19.3 Å². The van der Waals surface area contributed by atoms with Crippen LogP contribution in [0, 0.1) is 16.7 Å². The molecule has 0 bridgehead atoms. The van der Waals surface area contributed by atoms with Gasteiger partial charge < -0.3 is 9.80 Å². The SMILES string of the molecule is CN(C)C(=O)CN(C)C(=O)C1(C#N)CCCCC1. The predicted molar refractivity (Wildman–Crippen MR) is 67.5 cm³/mol. The van der Waals surface area contributed by atoms with E-state index >= 15 is 0 Å². The van der Waals surface area contributed by atoms with Gasteiger partial charge in [0, 0.05) is 21.1 Å². The van der Waals surface area contributed by atoms with Crippen molar-refractivity contribution in [2.75, 3.05) is 27.7 Å². The third-order valence-corrected chi connectivity index (χ3v) is 3.55. The average Bonchev–Trinajstić information content (AvgIpc) is 2.38. The molecule has 1 aliphatic rings. The summed E-state index contributed by atoms with van der Waals surface area (Å²) in [7, 11) is 4.90. The van der Waals surface area contributed by atoms with Crippen LogP contribution in [0.4, 0.5) is 0 Å². The molecule has 0 aromatic rings. The van der Waals surface area contributed by atoms with E-state index in [2.05, 4.69) is 6.07 Å². The number of carbonyl (C=O) groups is 2.